The SMILES string of the molecule is c1ccc2cc(-c3ccc4c(c3)c3occ5ccc6cccc4c6c53)ccc2c1. The second-order valence-corrected chi connectivity index (χ2v) is 7.82. The highest BCUT2D eigenvalue weighted by molar-refractivity contribution is 6.32. The van der Waals surface area contributed by atoms with E-state index in [0.717, 1.165) is 5.58 Å². The molecule has 0 unspecified atom stereocenters. The molecule has 1 heterocycles. The molecule has 1 heteroatoms. The van der Waals surface area contributed by atoms with Gasteiger partial charge in [-0.3, -0.25) is 0 Å². The largest absolute Gasteiger partial charge is 0.463 e. The lowest BCUT2D eigenvalue weighted by molar-refractivity contribution is 0.623. The molecule has 0 fully saturated rings. The van der Waals surface area contributed by atoms with E-state index in [1.54, 1.807) is 0 Å². The minimum Gasteiger partial charge on any atom is -0.463 e. The molecule has 134 valence electrons. The van der Waals surface area contributed by atoms with Crippen molar-refractivity contribution in [3.63, 3.8) is 0 Å². The van der Waals surface area contributed by atoms with Crippen LogP contribution in [0.3, 0.4) is 0 Å². The van der Waals surface area contributed by atoms with Crippen molar-refractivity contribution in [2.75, 3.05) is 0 Å². The second-order valence-electron chi connectivity index (χ2n) is 7.82. The summed E-state index contributed by atoms with van der Waals surface area (Å²) in [5.74, 6) is 0. The van der Waals surface area contributed by atoms with Crippen molar-refractivity contribution in [2.45, 2.75) is 0 Å². The molecule has 0 saturated heterocycles. The Morgan fingerprint density at radius 3 is 2.17 bits per heavy atom. The van der Waals surface area contributed by atoms with Gasteiger partial charge in [-0.2, -0.15) is 0 Å². The van der Waals surface area contributed by atoms with Crippen LogP contribution in [-0.4, -0.2) is 0 Å². The molecule has 1 nitrogen and oxygen atoms in total. The van der Waals surface area contributed by atoms with E-state index in [-0.39, 0.29) is 0 Å². The Kier molecular flexibility index (Phi) is 2.80. The summed E-state index contributed by atoms with van der Waals surface area (Å²) in [5.41, 5.74) is 3.43. The van der Waals surface area contributed by atoms with Gasteiger partial charge in [0.15, 0.2) is 0 Å². The number of fused-ring (bicyclic) bond motifs is 4. The zero-order valence-corrected chi connectivity index (χ0v) is 15.6. The normalized spacial score (nSPS) is 12.1. The molecule has 7 rings (SSSR count). The number of furan rings is 1. The molecule has 0 aliphatic rings. The van der Waals surface area contributed by atoms with Crippen molar-refractivity contribution in [3.8, 4) is 11.1 Å². The molecule has 0 amide bonds. The lowest BCUT2D eigenvalue weighted by Crippen LogP contribution is -1.85. The molecule has 0 N–H and O–H groups in total. The molecule has 0 bridgehead atoms. The standard InChI is InChI=1S/C28H16O/c1-2-5-19-14-20(10-8-17(19)4-1)21-12-13-23-24-7-3-6-18-9-11-22-16-29-28(25(23)15-21)27(22)26(18)24/h1-16H. The van der Waals surface area contributed by atoms with Crippen LogP contribution in [0.5, 0.6) is 0 Å². The minimum absolute atomic E-state index is 0.988. The highest BCUT2D eigenvalue weighted by Gasteiger charge is 2.16. The minimum atomic E-state index is 0.988. The van der Waals surface area contributed by atoms with Gasteiger partial charge in [0.2, 0.25) is 0 Å². The zero-order valence-electron chi connectivity index (χ0n) is 15.6. The predicted molar refractivity (Wildman–Crippen MR) is 123 cm³/mol. The first-order valence-corrected chi connectivity index (χ1v) is 9.94. The van der Waals surface area contributed by atoms with Gasteiger partial charge in [-0.05, 0) is 50.2 Å². The second kappa shape index (κ2) is 5.36. The number of hydrogen-bond acceptors (Lipinski definition) is 1. The van der Waals surface area contributed by atoms with Crippen molar-refractivity contribution in [3.05, 3.63) is 97.3 Å². The Bertz CT molecular complexity index is 1700. The van der Waals surface area contributed by atoms with Crippen LogP contribution in [0.4, 0.5) is 0 Å². The van der Waals surface area contributed by atoms with Gasteiger partial charge in [-0.1, -0.05) is 78.9 Å². The van der Waals surface area contributed by atoms with Gasteiger partial charge in [0.25, 0.3) is 0 Å². The van der Waals surface area contributed by atoms with E-state index in [1.807, 2.05) is 6.26 Å². The maximum Gasteiger partial charge on any atom is 0.142 e. The van der Waals surface area contributed by atoms with Gasteiger partial charge >= 0.3 is 0 Å². The molecule has 0 atom stereocenters. The predicted octanol–water partition coefficient (Wildman–Crippen LogP) is 8.15. The highest BCUT2D eigenvalue weighted by Crippen LogP contribution is 2.42. The van der Waals surface area contributed by atoms with Crippen molar-refractivity contribution in [2.24, 2.45) is 0 Å². The van der Waals surface area contributed by atoms with Crippen LogP contribution in [0.1, 0.15) is 0 Å². The van der Waals surface area contributed by atoms with Gasteiger partial charge in [0.1, 0.15) is 5.58 Å². The average Bonchev–Trinajstić information content (AvgIpc) is 3.23. The molecule has 1 aromatic heterocycles. The van der Waals surface area contributed by atoms with E-state index < -0.39 is 0 Å². The van der Waals surface area contributed by atoms with Crippen LogP contribution in [0.25, 0.3) is 65.2 Å². The molecule has 0 saturated carbocycles. The summed E-state index contributed by atoms with van der Waals surface area (Å²) in [4.78, 5) is 0. The Labute approximate surface area is 167 Å². The molecule has 6 aromatic carbocycles. The summed E-state index contributed by atoms with van der Waals surface area (Å²) in [6.45, 7) is 0. The molecule has 29 heavy (non-hydrogen) atoms. The van der Waals surface area contributed by atoms with E-state index in [1.165, 1.54) is 59.6 Å². The lowest BCUT2D eigenvalue weighted by atomic mass is 9.91. The van der Waals surface area contributed by atoms with Crippen molar-refractivity contribution in [1.29, 1.82) is 0 Å². The lowest BCUT2D eigenvalue weighted by Gasteiger charge is -2.11. The summed E-state index contributed by atoms with van der Waals surface area (Å²) in [7, 11) is 0. The molecule has 0 aliphatic carbocycles. The van der Waals surface area contributed by atoms with E-state index in [4.69, 9.17) is 4.42 Å². The van der Waals surface area contributed by atoms with Crippen LogP contribution in [-0.2, 0) is 0 Å². The van der Waals surface area contributed by atoms with Crippen molar-refractivity contribution < 1.29 is 4.42 Å². The zero-order chi connectivity index (χ0) is 18.9. The van der Waals surface area contributed by atoms with Crippen LogP contribution in [0.15, 0.2) is 102 Å². The smallest absolute Gasteiger partial charge is 0.142 e. The molecule has 0 spiro atoms. The first kappa shape index (κ1) is 15.1. The monoisotopic (exact) mass is 368 g/mol. The third-order valence-electron chi connectivity index (χ3n) is 6.25. The summed E-state index contributed by atoms with van der Waals surface area (Å²) < 4.78 is 6.10. The first-order valence-electron chi connectivity index (χ1n) is 9.94. The third-order valence-corrected chi connectivity index (χ3v) is 6.25. The Balaban J connectivity index is 1.60. The van der Waals surface area contributed by atoms with E-state index in [0.29, 0.717) is 0 Å². The number of benzene rings is 6. The molecular formula is C28H16O. The fourth-order valence-corrected chi connectivity index (χ4v) is 4.86. The van der Waals surface area contributed by atoms with Gasteiger partial charge in [-0.25, -0.2) is 0 Å². The van der Waals surface area contributed by atoms with E-state index in [2.05, 4.69) is 91.0 Å². The van der Waals surface area contributed by atoms with Gasteiger partial charge in [-0.15, -0.1) is 0 Å². The van der Waals surface area contributed by atoms with Crippen molar-refractivity contribution in [1.82, 2.24) is 0 Å². The van der Waals surface area contributed by atoms with E-state index in [9.17, 15) is 0 Å². The summed E-state index contributed by atoms with van der Waals surface area (Å²) in [5, 5.41) is 11.2. The average molecular weight is 368 g/mol. The molecular weight excluding hydrogens is 352 g/mol. The fourth-order valence-electron chi connectivity index (χ4n) is 4.86. The fraction of sp³-hybridized carbons (Fsp3) is 0. The molecule has 0 aliphatic heterocycles. The Hall–Kier alpha value is -3.84. The topological polar surface area (TPSA) is 13.1 Å². The van der Waals surface area contributed by atoms with Gasteiger partial charge in [0, 0.05) is 21.5 Å². The Morgan fingerprint density at radius 1 is 0.448 bits per heavy atom. The maximum atomic E-state index is 6.10. The third kappa shape index (κ3) is 1.99. The first-order chi connectivity index (χ1) is 14.4. The van der Waals surface area contributed by atoms with Crippen molar-refractivity contribution >= 4 is 54.1 Å². The van der Waals surface area contributed by atoms with Crippen LogP contribution >= 0.6 is 0 Å². The highest BCUT2D eigenvalue weighted by atomic mass is 16.3. The van der Waals surface area contributed by atoms with Crippen LogP contribution in [0, 0.1) is 0 Å². The number of hydrogen-bond donors (Lipinski definition) is 0. The van der Waals surface area contributed by atoms with Gasteiger partial charge < -0.3 is 4.42 Å². The summed E-state index contributed by atoms with van der Waals surface area (Å²) in [6.07, 6.45) is 1.89. The van der Waals surface area contributed by atoms with Gasteiger partial charge in [0.05, 0.1) is 6.26 Å². The summed E-state index contributed by atoms with van der Waals surface area (Å²) in [6, 6.07) is 32.9. The molecule has 0 radical (unpaired) electrons. The quantitative estimate of drug-likeness (QED) is 0.210. The van der Waals surface area contributed by atoms with Crippen LogP contribution in [0.2, 0.25) is 0 Å². The van der Waals surface area contributed by atoms with E-state index >= 15 is 0 Å². The van der Waals surface area contributed by atoms with Crippen LogP contribution < -0.4 is 0 Å². The Morgan fingerprint density at radius 2 is 1.21 bits per heavy atom. The summed E-state index contributed by atoms with van der Waals surface area (Å²) >= 11 is 0. The maximum absolute atomic E-state index is 6.10. The number of rotatable bonds is 1. The molecule has 7 aromatic rings.